The first-order chi connectivity index (χ1) is 16.9. The molecule has 3 heterocycles. The molecule has 0 atom stereocenters. The van der Waals surface area contributed by atoms with Crippen LogP contribution >= 0.6 is 11.3 Å². The fourth-order valence-electron chi connectivity index (χ4n) is 3.81. The van der Waals surface area contributed by atoms with Gasteiger partial charge in [-0.1, -0.05) is 11.8 Å². The van der Waals surface area contributed by atoms with Gasteiger partial charge in [-0.2, -0.15) is 0 Å². The van der Waals surface area contributed by atoms with E-state index in [2.05, 4.69) is 21.8 Å². The van der Waals surface area contributed by atoms with Crippen LogP contribution in [0.1, 0.15) is 21.7 Å². The van der Waals surface area contributed by atoms with E-state index in [1.807, 2.05) is 35.9 Å². The molecule has 0 amide bonds. The highest BCUT2D eigenvalue weighted by atomic mass is 32.1. The second-order valence-electron chi connectivity index (χ2n) is 7.87. The van der Waals surface area contributed by atoms with Gasteiger partial charge in [-0.15, -0.1) is 11.3 Å². The summed E-state index contributed by atoms with van der Waals surface area (Å²) in [5.41, 5.74) is 2.37. The van der Waals surface area contributed by atoms with Gasteiger partial charge in [0, 0.05) is 11.8 Å². The van der Waals surface area contributed by atoms with Crippen molar-refractivity contribution in [1.82, 2.24) is 19.1 Å². The number of ether oxygens (including phenoxy) is 1. The Labute approximate surface area is 203 Å². The summed E-state index contributed by atoms with van der Waals surface area (Å²) in [6.45, 7) is 3.71. The van der Waals surface area contributed by atoms with Crippen LogP contribution in [0.2, 0.25) is 0 Å². The number of aromatic nitrogens is 4. The summed E-state index contributed by atoms with van der Waals surface area (Å²) < 4.78 is 21.7. The van der Waals surface area contributed by atoms with Crippen molar-refractivity contribution >= 4 is 21.6 Å². The minimum absolute atomic E-state index is 0.290. The van der Waals surface area contributed by atoms with Gasteiger partial charge in [0.05, 0.1) is 40.8 Å². The molecule has 0 saturated heterocycles. The van der Waals surface area contributed by atoms with Gasteiger partial charge in [0.2, 0.25) is 0 Å². The average Bonchev–Trinajstić information content (AvgIpc) is 3.41. The first-order valence-corrected chi connectivity index (χ1v) is 11.4. The first-order valence-electron chi connectivity index (χ1n) is 10.6. The van der Waals surface area contributed by atoms with Crippen LogP contribution in [0.4, 0.5) is 4.39 Å². The third-order valence-electron chi connectivity index (χ3n) is 5.56. The molecule has 35 heavy (non-hydrogen) atoms. The minimum Gasteiger partial charge on any atom is -0.495 e. The smallest absolute Gasteiger partial charge is 0.334 e. The molecule has 9 heteroatoms. The summed E-state index contributed by atoms with van der Waals surface area (Å²) in [5.74, 6) is 6.44. The van der Waals surface area contributed by atoms with Gasteiger partial charge < -0.3 is 9.30 Å². The summed E-state index contributed by atoms with van der Waals surface area (Å²) in [7, 11) is 1.60. The van der Waals surface area contributed by atoms with E-state index >= 15 is 0 Å². The fourth-order valence-corrected chi connectivity index (χ4v) is 4.85. The Kier molecular flexibility index (Phi) is 5.59. The second kappa shape index (κ2) is 8.74. The number of nitrogens with one attached hydrogen (secondary N) is 1. The van der Waals surface area contributed by atoms with Crippen molar-refractivity contribution in [3.8, 4) is 29.0 Å². The highest BCUT2D eigenvalue weighted by molar-refractivity contribution is 7.19. The van der Waals surface area contributed by atoms with Crippen LogP contribution in [0.5, 0.6) is 5.75 Å². The number of fused-ring (bicyclic) bond motifs is 1. The van der Waals surface area contributed by atoms with Crippen LogP contribution in [0.15, 0.2) is 64.6 Å². The molecule has 0 saturated carbocycles. The Morgan fingerprint density at radius 3 is 2.54 bits per heavy atom. The number of methoxy groups -OCH3 is 1. The fraction of sp³-hybridized carbons (Fsp3) is 0.115. The standard InChI is InChI=1S/C26H19FN4O3S/c1-15-13-30(14-28-15)20-10-4-17(12-21(20)34-3)5-11-22-16(2)23-24(35-22)29-26(33)31(25(23)32)19-8-6-18(27)7-9-19/h4,6-10,12-14H,1-3H3,(H,29,33). The van der Waals surface area contributed by atoms with Crippen LogP contribution in [0.25, 0.3) is 21.6 Å². The normalized spacial score (nSPS) is 10.9. The van der Waals surface area contributed by atoms with Crippen molar-refractivity contribution in [3.63, 3.8) is 0 Å². The molecule has 3 aromatic heterocycles. The SMILES string of the molecule is COc1cc(C#Cc2sc3[nH]c(=O)n(-c4ccc(F)cc4)c(=O)c3c2C)ccc1-n1cnc(C)c1. The number of imidazole rings is 1. The molecule has 0 aliphatic heterocycles. The molecular formula is C26H19FN4O3S. The van der Waals surface area contributed by atoms with Crippen molar-refractivity contribution in [2.24, 2.45) is 0 Å². The number of aryl methyl sites for hydroxylation is 2. The lowest BCUT2D eigenvalue weighted by Gasteiger charge is -2.09. The molecule has 5 aromatic rings. The molecule has 1 N–H and O–H groups in total. The number of nitrogens with zero attached hydrogens (tertiary/aromatic N) is 3. The van der Waals surface area contributed by atoms with Gasteiger partial charge in [0.1, 0.15) is 16.4 Å². The first kappa shape index (κ1) is 22.4. The predicted molar refractivity (Wildman–Crippen MR) is 134 cm³/mol. The van der Waals surface area contributed by atoms with E-state index in [1.165, 1.54) is 35.6 Å². The maximum Gasteiger partial charge on any atom is 0.334 e. The summed E-state index contributed by atoms with van der Waals surface area (Å²) in [5, 5.41) is 0.381. The molecule has 5 rings (SSSR count). The summed E-state index contributed by atoms with van der Waals surface area (Å²) >= 11 is 1.24. The summed E-state index contributed by atoms with van der Waals surface area (Å²) in [4.78, 5) is 33.9. The maximum atomic E-state index is 13.3. The Morgan fingerprint density at radius 1 is 1.09 bits per heavy atom. The van der Waals surface area contributed by atoms with E-state index in [4.69, 9.17) is 4.74 Å². The molecule has 0 fully saturated rings. The quantitative estimate of drug-likeness (QED) is 0.390. The zero-order valence-electron chi connectivity index (χ0n) is 19.0. The number of halogens is 1. The van der Waals surface area contributed by atoms with E-state index in [1.54, 1.807) is 20.4 Å². The molecule has 0 aliphatic rings. The lowest BCUT2D eigenvalue weighted by Crippen LogP contribution is -2.33. The molecule has 0 radical (unpaired) electrons. The summed E-state index contributed by atoms with van der Waals surface area (Å²) in [6.07, 6.45) is 3.63. The third kappa shape index (κ3) is 4.05. The highest BCUT2D eigenvalue weighted by Gasteiger charge is 2.16. The van der Waals surface area contributed by atoms with Crippen LogP contribution in [-0.4, -0.2) is 26.2 Å². The van der Waals surface area contributed by atoms with Crippen LogP contribution < -0.4 is 16.0 Å². The van der Waals surface area contributed by atoms with Gasteiger partial charge in [-0.3, -0.25) is 9.78 Å². The number of benzene rings is 2. The lowest BCUT2D eigenvalue weighted by atomic mass is 10.1. The maximum absolute atomic E-state index is 13.3. The molecule has 0 aliphatic carbocycles. The number of hydrogen-bond donors (Lipinski definition) is 1. The van der Waals surface area contributed by atoms with Gasteiger partial charge in [-0.05, 0) is 61.9 Å². The van der Waals surface area contributed by atoms with Gasteiger partial charge in [0.15, 0.2) is 0 Å². The molecule has 0 unspecified atom stereocenters. The number of H-pyrrole nitrogens is 1. The van der Waals surface area contributed by atoms with E-state index in [9.17, 15) is 14.0 Å². The van der Waals surface area contributed by atoms with Gasteiger partial charge >= 0.3 is 5.69 Å². The molecule has 174 valence electrons. The van der Waals surface area contributed by atoms with Crippen molar-refractivity contribution in [2.45, 2.75) is 13.8 Å². The number of rotatable bonds is 3. The minimum atomic E-state index is -0.593. The largest absolute Gasteiger partial charge is 0.495 e. The van der Waals surface area contributed by atoms with Crippen LogP contribution in [0.3, 0.4) is 0 Å². The van der Waals surface area contributed by atoms with Gasteiger partial charge in [0.25, 0.3) is 5.56 Å². The zero-order chi connectivity index (χ0) is 24.7. The topological polar surface area (TPSA) is 81.9 Å². The molecule has 7 nitrogen and oxygen atoms in total. The lowest BCUT2D eigenvalue weighted by molar-refractivity contribution is 0.412. The molecule has 0 bridgehead atoms. The highest BCUT2D eigenvalue weighted by Crippen LogP contribution is 2.27. The van der Waals surface area contributed by atoms with Crippen LogP contribution in [-0.2, 0) is 0 Å². The van der Waals surface area contributed by atoms with Crippen molar-refractivity contribution < 1.29 is 9.13 Å². The predicted octanol–water partition coefficient (Wildman–Crippen LogP) is 4.09. The Bertz CT molecular complexity index is 1770. The molecule has 0 spiro atoms. The summed E-state index contributed by atoms with van der Waals surface area (Å²) in [6, 6.07) is 10.8. The number of thiophene rings is 1. The third-order valence-corrected chi connectivity index (χ3v) is 6.68. The molecule has 2 aromatic carbocycles. The second-order valence-corrected chi connectivity index (χ2v) is 8.89. The van der Waals surface area contributed by atoms with E-state index in [-0.39, 0.29) is 5.69 Å². The molecular weight excluding hydrogens is 467 g/mol. The van der Waals surface area contributed by atoms with Crippen molar-refractivity contribution in [1.29, 1.82) is 0 Å². The number of aromatic amines is 1. The van der Waals surface area contributed by atoms with Crippen LogP contribution in [0, 0.1) is 31.5 Å². The Balaban J connectivity index is 1.56. The monoisotopic (exact) mass is 486 g/mol. The Hall–Kier alpha value is -4.42. The average molecular weight is 487 g/mol. The van der Waals surface area contributed by atoms with Crippen molar-refractivity contribution in [3.05, 3.63) is 103 Å². The van der Waals surface area contributed by atoms with E-state index in [0.29, 0.717) is 26.4 Å². The van der Waals surface area contributed by atoms with Gasteiger partial charge in [-0.25, -0.2) is 18.7 Å². The van der Waals surface area contributed by atoms with Crippen molar-refractivity contribution in [2.75, 3.05) is 7.11 Å². The zero-order valence-corrected chi connectivity index (χ0v) is 19.9. The van der Waals surface area contributed by atoms with E-state index < -0.39 is 17.1 Å². The Morgan fingerprint density at radius 2 is 1.86 bits per heavy atom. The van der Waals surface area contributed by atoms with E-state index in [0.717, 1.165) is 21.5 Å². The number of hydrogen-bond acceptors (Lipinski definition) is 5.